The van der Waals surface area contributed by atoms with E-state index in [4.69, 9.17) is 4.42 Å². The molecule has 4 heteroatoms. The fourth-order valence-electron chi connectivity index (χ4n) is 11.3. The molecule has 1 aromatic heterocycles. The minimum absolute atomic E-state index is 0.00861. The van der Waals surface area contributed by atoms with E-state index in [9.17, 15) is 0 Å². The van der Waals surface area contributed by atoms with E-state index >= 15 is 0 Å². The van der Waals surface area contributed by atoms with Crippen molar-refractivity contribution in [2.75, 3.05) is 9.80 Å². The van der Waals surface area contributed by atoms with Crippen LogP contribution in [0.2, 0.25) is 0 Å². The second kappa shape index (κ2) is 12.5. The maximum Gasteiger partial charge on any atom is 0.297 e. The van der Waals surface area contributed by atoms with Crippen LogP contribution >= 0.6 is 0 Å². The molecule has 0 spiro atoms. The number of benzene rings is 5. The van der Waals surface area contributed by atoms with E-state index in [1.807, 2.05) is 0 Å². The molecule has 0 saturated carbocycles. The second-order valence-electron chi connectivity index (χ2n) is 23.6. The van der Waals surface area contributed by atoms with Crippen molar-refractivity contribution in [2.24, 2.45) is 0 Å². The highest BCUT2D eigenvalue weighted by Crippen LogP contribution is 2.53. The third kappa shape index (κ3) is 5.75. The molecule has 3 nitrogen and oxygen atoms in total. The van der Waals surface area contributed by atoms with E-state index < -0.39 is 0 Å². The fourth-order valence-corrected chi connectivity index (χ4v) is 11.3. The first kappa shape index (κ1) is 39.4. The van der Waals surface area contributed by atoms with Gasteiger partial charge in [-0.1, -0.05) is 133 Å². The first-order valence-corrected chi connectivity index (χ1v) is 22.7. The molecule has 0 fully saturated rings. The van der Waals surface area contributed by atoms with Crippen LogP contribution in [0.25, 0.3) is 11.0 Å². The van der Waals surface area contributed by atoms with Gasteiger partial charge >= 0.3 is 0 Å². The molecule has 0 N–H and O–H groups in total. The lowest BCUT2D eigenvalue weighted by atomic mass is 9.35. The summed E-state index contributed by atoms with van der Waals surface area (Å²) in [6.07, 6.45) is 4.72. The molecule has 6 aromatic rings. The van der Waals surface area contributed by atoms with Gasteiger partial charge in [0, 0.05) is 33.8 Å². The minimum Gasteiger partial charge on any atom is -0.468 e. The Morgan fingerprint density at radius 3 is 1.62 bits per heavy atom. The standard InChI is InChI=1S/C56H65BN2O/c1-51(2,3)34-18-21-36(22-19-34)59-45-17-15-16-44-48(45)57(50-49(59)38-30-35(52(4,5)6)20-25-47(38)60-50)43-32-41-42(56(13,14)29-28-55(41,11)12)33-46(43)58(44)37-23-24-39-40(31-37)54(9,10)27-26-53(39,7)8/h15-25,30-33H,26-29H2,1-14H3. The van der Waals surface area contributed by atoms with Gasteiger partial charge in [0.25, 0.3) is 6.71 Å². The van der Waals surface area contributed by atoms with E-state index in [1.54, 1.807) is 0 Å². The Labute approximate surface area is 360 Å². The van der Waals surface area contributed by atoms with Crippen LogP contribution in [0.1, 0.15) is 156 Å². The second-order valence-corrected chi connectivity index (χ2v) is 23.6. The molecule has 308 valence electrons. The molecule has 10 rings (SSSR count). The maximum absolute atomic E-state index is 7.34. The first-order valence-electron chi connectivity index (χ1n) is 22.7. The van der Waals surface area contributed by atoms with Gasteiger partial charge in [0.05, 0.1) is 11.3 Å². The van der Waals surface area contributed by atoms with Crippen molar-refractivity contribution in [2.45, 2.75) is 155 Å². The third-order valence-corrected chi connectivity index (χ3v) is 15.5. The number of hydrogen-bond acceptors (Lipinski definition) is 3. The lowest BCUT2D eigenvalue weighted by Gasteiger charge is -2.47. The van der Waals surface area contributed by atoms with E-state index in [1.165, 1.54) is 104 Å². The summed E-state index contributed by atoms with van der Waals surface area (Å²) >= 11 is 0. The van der Waals surface area contributed by atoms with Gasteiger partial charge in [0.2, 0.25) is 0 Å². The zero-order chi connectivity index (χ0) is 42.7. The van der Waals surface area contributed by atoms with Crippen molar-refractivity contribution in [3.8, 4) is 0 Å². The van der Waals surface area contributed by atoms with Gasteiger partial charge in [0.1, 0.15) is 5.58 Å². The number of furan rings is 1. The molecule has 2 aliphatic carbocycles. The predicted octanol–water partition coefficient (Wildman–Crippen LogP) is 13.8. The SMILES string of the molecule is CC(C)(C)c1ccc(N2c3cccc4c3B(c3cc5c(cc3N4c3ccc4c(c3)C(C)(C)CCC4(C)C)C(C)(C)CCC5(C)C)c3oc4ccc(C(C)(C)C)cc4c32)cc1. The minimum atomic E-state index is -0.0767. The van der Waals surface area contributed by atoms with Crippen molar-refractivity contribution in [1.82, 2.24) is 0 Å². The first-order chi connectivity index (χ1) is 28.0. The van der Waals surface area contributed by atoms with Crippen molar-refractivity contribution in [3.05, 3.63) is 124 Å². The quantitative estimate of drug-likeness (QED) is 0.163. The summed E-state index contributed by atoms with van der Waals surface area (Å²) < 4.78 is 7.34. The molecule has 3 heterocycles. The normalized spacial score (nSPS) is 19.3. The summed E-state index contributed by atoms with van der Waals surface area (Å²) in [4.78, 5) is 5.16. The largest absolute Gasteiger partial charge is 0.468 e. The Morgan fingerprint density at radius 1 is 0.500 bits per heavy atom. The Kier molecular flexibility index (Phi) is 8.19. The van der Waals surface area contributed by atoms with E-state index in [0.717, 1.165) is 16.9 Å². The summed E-state index contributed by atoms with van der Waals surface area (Å²) in [5.41, 5.74) is 20.9. The summed E-state index contributed by atoms with van der Waals surface area (Å²) in [5, 5.41) is 1.18. The van der Waals surface area contributed by atoms with E-state index in [0.29, 0.717) is 0 Å². The van der Waals surface area contributed by atoms with Gasteiger partial charge in [-0.05, 0) is 157 Å². The lowest BCUT2D eigenvalue weighted by Crippen LogP contribution is -2.61. The average Bonchev–Trinajstić information content (AvgIpc) is 3.56. The molecule has 0 radical (unpaired) electrons. The zero-order valence-corrected chi connectivity index (χ0v) is 38.9. The van der Waals surface area contributed by atoms with Crippen molar-refractivity contribution >= 4 is 68.4 Å². The molecule has 0 unspecified atom stereocenters. The monoisotopic (exact) mass is 793 g/mol. The van der Waals surface area contributed by atoms with Gasteiger partial charge in [-0.2, -0.15) is 0 Å². The highest BCUT2D eigenvalue weighted by molar-refractivity contribution is 7.00. The molecule has 0 saturated heterocycles. The molecule has 4 aliphatic rings. The highest BCUT2D eigenvalue weighted by Gasteiger charge is 2.49. The summed E-state index contributed by atoms with van der Waals surface area (Å²) in [6, 6.07) is 35.9. The molecule has 0 bridgehead atoms. The van der Waals surface area contributed by atoms with Crippen molar-refractivity contribution < 1.29 is 4.42 Å². The lowest BCUT2D eigenvalue weighted by molar-refractivity contribution is 0.332. The average molecular weight is 793 g/mol. The van der Waals surface area contributed by atoms with Crippen LogP contribution in [-0.4, -0.2) is 6.71 Å². The summed E-state index contributed by atoms with van der Waals surface area (Å²) in [6.45, 7) is 33.4. The van der Waals surface area contributed by atoms with E-state index in [-0.39, 0.29) is 39.2 Å². The Morgan fingerprint density at radius 2 is 1.02 bits per heavy atom. The molecule has 60 heavy (non-hydrogen) atoms. The molecule has 2 aliphatic heterocycles. The van der Waals surface area contributed by atoms with Gasteiger partial charge < -0.3 is 14.2 Å². The highest BCUT2D eigenvalue weighted by atomic mass is 16.3. The Balaban J connectivity index is 1.31. The Hall–Kier alpha value is -4.70. The van der Waals surface area contributed by atoms with E-state index in [2.05, 4.69) is 198 Å². The summed E-state index contributed by atoms with van der Waals surface area (Å²) in [7, 11) is 0. The van der Waals surface area contributed by atoms with Gasteiger partial charge in [-0.25, -0.2) is 0 Å². The predicted molar refractivity (Wildman–Crippen MR) is 258 cm³/mol. The fraction of sp³-hybridized carbons (Fsp3) is 0.429. The van der Waals surface area contributed by atoms with Crippen molar-refractivity contribution in [1.29, 1.82) is 0 Å². The molecule has 0 amide bonds. The smallest absolute Gasteiger partial charge is 0.297 e. The van der Waals surface area contributed by atoms with Gasteiger partial charge in [-0.3, -0.25) is 0 Å². The van der Waals surface area contributed by atoms with Crippen LogP contribution in [0.15, 0.2) is 95.4 Å². The van der Waals surface area contributed by atoms with Crippen LogP contribution in [0.4, 0.5) is 34.1 Å². The zero-order valence-electron chi connectivity index (χ0n) is 38.9. The van der Waals surface area contributed by atoms with Crippen molar-refractivity contribution in [3.63, 3.8) is 0 Å². The number of anilines is 6. The van der Waals surface area contributed by atoms with Crippen LogP contribution in [0.5, 0.6) is 0 Å². The number of rotatable bonds is 2. The molecular weight excluding hydrogens is 727 g/mol. The maximum atomic E-state index is 7.34. The van der Waals surface area contributed by atoms with Crippen LogP contribution in [0, 0.1) is 0 Å². The molecular formula is C56H65BN2O. The number of fused-ring (bicyclic) bond motifs is 8. The van der Waals surface area contributed by atoms with Gasteiger partial charge in [-0.15, -0.1) is 0 Å². The molecule has 0 atom stereocenters. The number of hydrogen-bond donors (Lipinski definition) is 0. The summed E-state index contributed by atoms with van der Waals surface area (Å²) in [5.74, 6) is 0. The van der Waals surface area contributed by atoms with Crippen LogP contribution in [-0.2, 0) is 32.5 Å². The Bertz CT molecular complexity index is 2750. The number of nitrogens with zero attached hydrogens (tertiary/aromatic N) is 2. The third-order valence-electron chi connectivity index (χ3n) is 15.5. The molecule has 5 aromatic carbocycles. The van der Waals surface area contributed by atoms with Crippen LogP contribution < -0.4 is 26.4 Å². The van der Waals surface area contributed by atoms with Crippen LogP contribution in [0.3, 0.4) is 0 Å². The van der Waals surface area contributed by atoms with Gasteiger partial charge in [0.15, 0.2) is 0 Å². The topological polar surface area (TPSA) is 19.6 Å².